The molecule has 3 rings (SSSR count). The number of amides is 1. The van der Waals surface area contributed by atoms with Gasteiger partial charge in [-0.1, -0.05) is 0 Å². The van der Waals surface area contributed by atoms with Gasteiger partial charge in [-0.15, -0.1) is 0 Å². The zero-order chi connectivity index (χ0) is 18.7. The number of rotatable bonds is 6. The van der Waals surface area contributed by atoms with Crippen molar-refractivity contribution in [3.8, 4) is 0 Å². The predicted octanol–water partition coefficient (Wildman–Crippen LogP) is 3.32. The Morgan fingerprint density at radius 3 is 2.62 bits per heavy atom. The van der Waals surface area contributed by atoms with Crippen molar-refractivity contribution in [2.45, 2.75) is 46.2 Å². The van der Waals surface area contributed by atoms with Crippen molar-refractivity contribution in [1.29, 1.82) is 0 Å². The number of nitrogens with zero attached hydrogens (tertiary/aromatic N) is 3. The van der Waals surface area contributed by atoms with Gasteiger partial charge in [-0.25, -0.2) is 0 Å². The first kappa shape index (κ1) is 18.9. The van der Waals surface area contributed by atoms with E-state index in [9.17, 15) is 4.79 Å². The van der Waals surface area contributed by atoms with Crippen LogP contribution < -0.4 is 5.32 Å². The molecule has 5 nitrogen and oxygen atoms in total. The van der Waals surface area contributed by atoms with Crippen LogP contribution in [0.4, 0.5) is 5.69 Å². The van der Waals surface area contributed by atoms with Crippen LogP contribution in [0.5, 0.6) is 0 Å². The number of carbonyl (C=O) groups is 1. The Morgan fingerprint density at radius 2 is 1.92 bits per heavy atom. The molecular weight excluding hydrogens is 324 g/mol. The third kappa shape index (κ3) is 4.27. The van der Waals surface area contributed by atoms with E-state index in [1.54, 1.807) is 0 Å². The maximum absolute atomic E-state index is 12.4. The summed E-state index contributed by atoms with van der Waals surface area (Å²) in [5, 5.41) is 4.26. The monoisotopic (exact) mass is 356 g/mol. The summed E-state index contributed by atoms with van der Waals surface area (Å²) in [6.07, 6.45) is 1.48. The average Bonchev–Trinajstić information content (AvgIpc) is 2.94. The molecule has 0 radical (unpaired) electrons. The van der Waals surface area contributed by atoms with Gasteiger partial charge in [-0.05, 0) is 58.5 Å². The Labute approximate surface area is 157 Å². The molecule has 0 spiro atoms. The lowest BCUT2D eigenvalue weighted by Crippen LogP contribution is -2.48. The number of benzene rings is 1. The Kier molecular flexibility index (Phi) is 5.99. The lowest BCUT2D eigenvalue weighted by Gasteiger charge is -2.36. The highest BCUT2D eigenvalue weighted by Crippen LogP contribution is 2.23. The molecule has 1 fully saturated rings. The van der Waals surface area contributed by atoms with Gasteiger partial charge in [-0.3, -0.25) is 9.69 Å². The summed E-state index contributed by atoms with van der Waals surface area (Å²) in [7, 11) is 2.17. The highest BCUT2D eigenvalue weighted by atomic mass is 16.1. The van der Waals surface area contributed by atoms with E-state index in [0.717, 1.165) is 44.8 Å². The number of aromatic nitrogens is 1. The average molecular weight is 357 g/mol. The zero-order valence-corrected chi connectivity index (χ0v) is 16.6. The maximum Gasteiger partial charge on any atom is 0.224 e. The first-order valence-corrected chi connectivity index (χ1v) is 9.80. The van der Waals surface area contributed by atoms with Crippen LogP contribution >= 0.6 is 0 Å². The van der Waals surface area contributed by atoms with Gasteiger partial charge in [0.15, 0.2) is 0 Å². The van der Waals surface area contributed by atoms with Gasteiger partial charge in [0.2, 0.25) is 5.91 Å². The van der Waals surface area contributed by atoms with Gasteiger partial charge >= 0.3 is 0 Å². The van der Waals surface area contributed by atoms with Gasteiger partial charge in [0, 0.05) is 67.5 Å². The smallest absolute Gasteiger partial charge is 0.224 e. The third-order valence-corrected chi connectivity index (χ3v) is 5.66. The molecule has 2 heterocycles. The van der Waals surface area contributed by atoms with Crippen LogP contribution in [0, 0.1) is 6.92 Å². The SMILES string of the molecule is CCn1c(C)cc2cc(NC(=O)CCC(C)N3CCN(C)CC3)ccc21. The molecule has 1 aliphatic heterocycles. The molecule has 142 valence electrons. The number of fused-ring (bicyclic) bond motifs is 1. The number of piperazine rings is 1. The van der Waals surface area contributed by atoms with E-state index in [1.165, 1.54) is 16.6 Å². The number of anilines is 1. The molecule has 1 saturated heterocycles. The summed E-state index contributed by atoms with van der Waals surface area (Å²) in [5.74, 6) is 0.108. The normalized spacial score (nSPS) is 17.5. The Balaban J connectivity index is 1.54. The van der Waals surface area contributed by atoms with Crippen LogP contribution in [-0.4, -0.2) is 59.5 Å². The minimum absolute atomic E-state index is 0.108. The van der Waals surface area contributed by atoms with Gasteiger partial charge < -0.3 is 14.8 Å². The van der Waals surface area contributed by atoms with Gasteiger partial charge in [0.05, 0.1) is 0 Å². The van der Waals surface area contributed by atoms with Crippen molar-refractivity contribution in [1.82, 2.24) is 14.4 Å². The molecule has 1 unspecified atom stereocenters. The molecule has 0 saturated carbocycles. The van der Waals surface area contributed by atoms with Crippen molar-refractivity contribution < 1.29 is 4.79 Å². The van der Waals surface area contributed by atoms with E-state index >= 15 is 0 Å². The molecule has 2 aromatic rings. The number of hydrogen-bond acceptors (Lipinski definition) is 3. The summed E-state index contributed by atoms with van der Waals surface area (Å²) in [5.41, 5.74) is 3.38. The molecule has 1 aromatic carbocycles. The van der Waals surface area contributed by atoms with Crippen molar-refractivity contribution in [3.63, 3.8) is 0 Å². The fourth-order valence-electron chi connectivity index (χ4n) is 3.92. The van der Waals surface area contributed by atoms with E-state index in [2.05, 4.69) is 65.7 Å². The summed E-state index contributed by atoms with van der Waals surface area (Å²) in [6.45, 7) is 11.9. The molecule has 1 amide bonds. The van der Waals surface area contributed by atoms with Crippen LogP contribution in [-0.2, 0) is 11.3 Å². The third-order valence-electron chi connectivity index (χ3n) is 5.66. The minimum Gasteiger partial charge on any atom is -0.345 e. The molecule has 0 bridgehead atoms. The Morgan fingerprint density at radius 1 is 1.19 bits per heavy atom. The number of nitrogens with one attached hydrogen (secondary N) is 1. The summed E-state index contributed by atoms with van der Waals surface area (Å²) < 4.78 is 2.29. The largest absolute Gasteiger partial charge is 0.345 e. The second-order valence-electron chi connectivity index (χ2n) is 7.58. The number of carbonyl (C=O) groups excluding carboxylic acids is 1. The topological polar surface area (TPSA) is 40.5 Å². The molecule has 0 aliphatic carbocycles. The van der Waals surface area contributed by atoms with Crippen molar-refractivity contribution in [2.24, 2.45) is 0 Å². The number of aryl methyl sites for hydroxylation is 2. The lowest BCUT2D eigenvalue weighted by molar-refractivity contribution is -0.116. The number of likely N-dealkylation sites (N-methyl/N-ethyl adjacent to an activating group) is 1. The van der Waals surface area contributed by atoms with E-state index in [1.807, 2.05) is 6.07 Å². The molecule has 1 aliphatic rings. The minimum atomic E-state index is 0.108. The standard InChI is InChI=1S/C21H32N4O/c1-5-25-17(3)14-18-15-19(7-8-20(18)25)22-21(26)9-6-16(2)24-12-10-23(4)11-13-24/h7-8,14-16H,5-6,9-13H2,1-4H3,(H,22,26). The molecule has 5 heteroatoms. The second-order valence-corrected chi connectivity index (χ2v) is 7.58. The lowest BCUT2D eigenvalue weighted by atomic mass is 10.1. The fraction of sp³-hybridized carbons (Fsp3) is 0.571. The quantitative estimate of drug-likeness (QED) is 0.863. The summed E-state index contributed by atoms with van der Waals surface area (Å²) in [4.78, 5) is 17.2. The van der Waals surface area contributed by atoms with Crippen LogP contribution in [0.2, 0.25) is 0 Å². The maximum atomic E-state index is 12.4. The predicted molar refractivity (Wildman–Crippen MR) is 109 cm³/mol. The van der Waals surface area contributed by atoms with Crippen molar-refractivity contribution in [2.75, 3.05) is 38.5 Å². The molecule has 1 N–H and O–H groups in total. The van der Waals surface area contributed by atoms with E-state index in [4.69, 9.17) is 0 Å². The Bertz CT molecular complexity index is 759. The van der Waals surface area contributed by atoms with Gasteiger partial charge in [-0.2, -0.15) is 0 Å². The van der Waals surface area contributed by atoms with Gasteiger partial charge in [0.25, 0.3) is 0 Å². The Hall–Kier alpha value is -1.85. The van der Waals surface area contributed by atoms with E-state index in [-0.39, 0.29) is 5.91 Å². The highest BCUT2D eigenvalue weighted by molar-refractivity contribution is 5.94. The van der Waals surface area contributed by atoms with Crippen LogP contribution in [0.1, 0.15) is 32.4 Å². The molecule has 26 heavy (non-hydrogen) atoms. The summed E-state index contributed by atoms with van der Waals surface area (Å²) >= 11 is 0. The second kappa shape index (κ2) is 8.23. The summed E-state index contributed by atoms with van der Waals surface area (Å²) in [6, 6.07) is 8.84. The number of hydrogen-bond donors (Lipinski definition) is 1. The van der Waals surface area contributed by atoms with Crippen LogP contribution in [0.3, 0.4) is 0 Å². The first-order chi connectivity index (χ1) is 12.5. The van der Waals surface area contributed by atoms with Gasteiger partial charge in [0.1, 0.15) is 0 Å². The molecule has 1 atom stereocenters. The molecular formula is C21H32N4O. The van der Waals surface area contributed by atoms with Crippen molar-refractivity contribution in [3.05, 3.63) is 30.0 Å². The van der Waals surface area contributed by atoms with Crippen LogP contribution in [0.25, 0.3) is 10.9 Å². The van der Waals surface area contributed by atoms with E-state index < -0.39 is 0 Å². The van der Waals surface area contributed by atoms with Crippen molar-refractivity contribution >= 4 is 22.5 Å². The first-order valence-electron chi connectivity index (χ1n) is 9.80. The van der Waals surface area contributed by atoms with E-state index in [0.29, 0.717) is 12.5 Å². The van der Waals surface area contributed by atoms with Crippen LogP contribution in [0.15, 0.2) is 24.3 Å². The fourth-order valence-corrected chi connectivity index (χ4v) is 3.92. The highest BCUT2D eigenvalue weighted by Gasteiger charge is 2.19. The molecule has 1 aromatic heterocycles. The zero-order valence-electron chi connectivity index (χ0n) is 16.6.